The molecule has 0 spiro atoms. The van der Waals surface area contributed by atoms with Crippen LogP contribution in [-0.2, 0) is 16.0 Å². The van der Waals surface area contributed by atoms with Gasteiger partial charge in [-0.3, -0.25) is 14.9 Å². The van der Waals surface area contributed by atoms with Crippen molar-refractivity contribution in [2.75, 3.05) is 12.0 Å². The average molecular weight is 312 g/mol. The molecule has 8 heteroatoms. The summed E-state index contributed by atoms with van der Waals surface area (Å²) >= 11 is 1.50. The molecule has 0 saturated carbocycles. The fourth-order valence-electron chi connectivity index (χ4n) is 1.66. The largest absolute Gasteiger partial charge is 0.480 e. The summed E-state index contributed by atoms with van der Waals surface area (Å²) in [7, 11) is 0. The van der Waals surface area contributed by atoms with Crippen LogP contribution in [0.2, 0.25) is 0 Å². The zero-order valence-corrected chi connectivity index (χ0v) is 12.3. The van der Waals surface area contributed by atoms with Gasteiger partial charge in [-0.25, -0.2) is 4.79 Å². The Morgan fingerprint density at radius 2 is 2.00 bits per heavy atom. The first kappa shape index (κ1) is 17.0. The Kier molecular flexibility index (Phi) is 6.67. The van der Waals surface area contributed by atoms with Gasteiger partial charge in [0, 0.05) is 12.1 Å². The summed E-state index contributed by atoms with van der Waals surface area (Å²) in [6.45, 7) is 0. The molecule has 2 N–H and O–H groups in total. The van der Waals surface area contributed by atoms with Crippen LogP contribution in [0.1, 0.15) is 12.0 Å². The molecule has 114 valence electrons. The van der Waals surface area contributed by atoms with E-state index in [4.69, 9.17) is 5.11 Å². The lowest BCUT2D eigenvalue weighted by Gasteiger charge is -2.13. The molecule has 21 heavy (non-hydrogen) atoms. The van der Waals surface area contributed by atoms with Crippen molar-refractivity contribution >= 4 is 29.3 Å². The maximum absolute atomic E-state index is 11.8. The maximum atomic E-state index is 11.8. The number of nitrogens with one attached hydrogen (secondary N) is 1. The van der Waals surface area contributed by atoms with Crippen molar-refractivity contribution in [3.63, 3.8) is 0 Å². The van der Waals surface area contributed by atoms with Crippen molar-refractivity contribution in [2.24, 2.45) is 0 Å². The summed E-state index contributed by atoms with van der Waals surface area (Å²) in [5.41, 5.74) is 0.537. The minimum Gasteiger partial charge on any atom is -0.480 e. The number of amides is 1. The molecule has 0 radical (unpaired) electrons. The molecule has 1 rings (SSSR count). The monoisotopic (exact) mass is 312 g/mol. The SMILES string of the molecule is CSCCC(NC(=O)Cc1ccc([N+](=O)[O-])cc1)C(=O)O. The number of aliphatic carboxylic acids is 1. The van der Waals surface area contributed by atoms with E-state index in [0.29, 0.717) is 17.7 Å². The molecule has 0 aromatic heterocycles. The summed E-state index contributed by atoms with van der Waals surface area (Å²) in [6.07, 6.45) is 2.20. The molecule has 1 aromatic rings. The maximum Gasteiger partial charge on any atom is 0.326 e. The Labute approximate surface area is 125 Å². The van der Waals surface area contributed by atoms with Crippen LogP contribution < -0.4 is 5.32 Å². The Balaban J connectivity index is 2.59. The molecule has 0 fully saturated rings. The number of benzene rings is 1. The van der Waals surface area contributed by atoms with E-state index < -0.39 is 22.8 Å². The minimum absolute atomic E-state index is 0.0129. The van der Waals surface area contributed by atoms with Gasteiger partial charge in [-0.05, 0) is 24.0 Å². The van der Waals surface area contributed by atoms with Crippen LogP contribution in [0.5, 0.6) is 0 Å². The number of nitro benzene ring substituents is 1. The van der Waals surface area contributed by atoms with Gasteiger partial charge < -0.3 is 10.4 Å². The average Bonchev–Trinajstić information content (AvgIpc) is 2.43. The van der Waals surface area contributed by atoms with Gasteiger partial charge in [0.25, 0.3) is 5.69 Å². The standard InChI is InChI=1S/C13H16N2O5S/c1-21-7-6-11(13(17)18)14-12(16)8-9-2-4-10(5-3-9)15(19)20/h2-5,11H,6-8H2,1H3,(H,14,16)(H,17,18). The Morgan fingerprint density at radius 3 is 2.48 bits per heavy atom. The van der Waals surface area contributed by atoms with E-state index in [0.717, 1.165) is 0 Å². The smallest absolute Gasteiger partial charge is 0.326 e. The number of rotatable bonds is 8. The fourth-order valence-corrected chi connectivity index (χ4v) is 2.13. The van der Waals surface area contributed by atoms with E-state index in [1.54, 1.807) is 0 Å². The van der Waals surface area contributed by atoms with E-state index in [1.807, 2.05) is 6.26 Å². The number of carboxylic acid groups (broad SMARTS) is 1. The van der Waals surface area contributed by atoms with Crippen LogP contribution in [0.4, 0.5) is 5.69 Å². The number of carbonyl (C=O) groups is 2. The molecule has 1 unspecified atom stereocenters. The highest BCUT2D eigenvalue weighted by Gasteiger charge is 2.19. The second-order valence-electron chi connectivity index (χ2n) is 4.34. The van der Waals surface area contributed by atoms with Gasteiger partial charge >= 0.3 is 5.97 Å². The highest BCUT2D eigenvalue weighted by Crippen LogP contribution is 2.12. The molecule has 7 nitrogen and oxygen atoms in total. The number of nitro groups is 1. The Hall–Kier alpha value is -2.09. The molecular formula is C13H16N2O5S. The van der Waals surface area contributed by atoms with Crippen LogP contribution in [-0.4, -0.2) is 40.0 Å². The Bertz CT molecular complexity index is 518. The van der Waals surface area contributed by atoms with Crippen molar-refractivity contribution in [3.05, 3.63) is 39.9 Å². The molecule has 1 amide bonds. The van der Waals surface area contributed by atoms with Crippen LogP contribution in [0.15, 0.2) is 24.3 Å². The molecule has 0 saturated heterocycles. The number of non-ortho nitro benzene ring substituents is 1. The number of carbonyl (C=O) groups excluding carboxylic acids is 1. The quantitative estimate of drug-likeness (QED) is 0.555. The van der Waals surface area contributed by atoms with Crippen molar-refractivity contribution in [2.45, 2.75) is 18.9 Å². The van der Waals surface area contributed by atoms with Gasteiger partial charge in [-0.1, -0.05) is 12.1 Å². The van der Waals surface area contributed by atoms with Gasteiger partial charge in [0.2, 0.25) is 5.91 Å². The third kappa shape index (κ3) is 5.82. The van der Waals surface area contributed by atoms with E-state index in [-0.39, 0.29) is 12.1 Å². The number of hydrogen-bond acceptors (Lipinski definition) is 5. The highest BCUT2D eigenvalue weighted by atomic mass is 32.2. The number of nitrogens with zero attached hydrogens (tertiary/aromatic N) is 1. The molecule has 0 heterocycles. The third-order valence-corrected chi connectivity index (χ3v) is 3.40. The van der Waals surface area contributed by atoms with Gasteiger partial charge in [0.1, 0.15) is 6.04 Å². The predicted octanol–water partition coefficient (Wildman–Crippen LogP) is 1.46. The van der Waals surface area contributed by atoms with Gasteiger partial charge in [-0.2, -0.15) is 11.8 Å². The van der Waals surface area contributed by atoms with E-state index in [2.05, 4.69) is 5.32 Å². The van der Waals surface area contributed by atoms with Crippen LogP contribution in [0.3, 0.4) is 0 Å². The summed E-state index contributed by atoms with van der Waals surface area (Å²) in [5.74, 6) is -0.854. The summed E-state index contributed by atoms with van der Waals surface area (Å²) in [6, 6.07) is 4.67. The zero-order chi connectivity index (χ0) is 15.8. The lowest BCUT2D eigenvalue weighted by molar-refractivity contribution is -0.384. The normalized spacial score (nSPS) is 11.7. The van der Waals surface area contributed by atoms with Crippen molar-refractivity contribution in [1.29, 1.82) is 0 Å². The van der Waals surface area contributed by atoms with Crippen LogP contribution in [0.25, 0.3) is 0 Å². The molecule has 1 atom stereocenters. The molecule has 0 aliphatic rings. The van der Waals surface area contributed by atoms with Crippen molar-refractivity contribution in [1.82, 2.24) is 5.32 Å². The van der Waals surface area contributed by atoms with Crippen molar-refractivity contribution in [3.8, 4) is 0 Å². The first-order valence-electron chi connectivity index (χ1n) is 6.18. The van der Waals surface area contributed by atoms with E-state index >= 15 is 0 Å². The molecule has 0 aliphatic carbocycles. The molecule has 1 aromatic carbocycles. The summed E-state index contributed by atoms with van der Waals surface area (Å²) < 4.78 is 0. The first-order chi connectivity index (χ1) is 9.93. The number of carboxylic acids is 1. The number of thioether (sulfide) groups is 1. The lowest BCUT2D eigenvalue weighted by atomic mass is 10.1. The van der Waals surface area contributed by atoms with E-state index in [9.17, 15) is 19.7 Å². The molecule has 0 aliphatic heterocycles. The van der Waals surface area contributed by atoms with Crippen LogP contribution >= 0.6 is 11.8 Å². The number of hydrogen-bond donors (Lipinski definition) is 2. The summed E-state index contributed by atoms with van der Waals surface area (Å²) in [5, 5.41) is 22.0. The topological polar surface area (TPSA) is 110 Å². The van der Waals surface area contributed by atoms with Gasteiger partial charge in [0.05, 0.1) is 11.3 Å². The zero-order valence-electron chi connectivity index (χ0n) is 11.4. The van der Waals surface area contributed by atoms with Gasteiger partial charge in [-0.15, -0.1) is 0 Å². The molecule has 0 bridgehead atoms. The predicted molar refractivity (Wildman–Crippen MR) is 79.4 cm³/mol. The highest BCUT2D eigenvalue weighted by molar-refractivity contribution is 7.98. The summed E-state index contributed by atoms with van der Waals surface area (Å²) in [4.78, 5) is 32.8. The second-order valence-corrected chi connectivity index (χ2v) is 5.33. The minimum atomic E-state index is -1.07. The van der Waals surface area contributed by atoms with E-state index in [1.165, 1.54) is 36.0 Å². The molecular weight excluding hydrogens is 296 g/mol. The lowest BCUT2D eigenvalue weighted by Crippen LogP contribution is -2.41. The third-order valence-electron chi connectivity index (χ3n) is 2.76. The Morgan fingerprint density at radius 1 is 1.38 bits per heavy atom. The second kappa shape index (κ2) is 8.25. The van der Waals surface area contributed by atoms with Crippen molar-refractivity contribution < 1.29 is 19.6 Å². The first-order valence-corrected chi connectivity index (χ1v) is 7.58. The van der Waals surface area contributed by atoms with Crippen LogP contribution in [0, 0.1) is 10.1 Å². The van der Waals surface area contributed by atoms with Gasteiger partial charge in [0.15, 0.2) is 0 Å². The fraction of sp³-hybridized carbons (Fsp3) is 0.385.